The molecular formula is C13H18ClNO4S. The predicted octanol–water partition coefficient (Wildman–Crippen LogP) is 1.42. The van der Waals surface area contributed by atoms with Crippen LogP contribution in [0.4, 0.5) is 0 Å². The van der Waals surface area contributed by atoms with Crippen molar-refractivity contribution in [2.24, 2.45) is 0 Å². The van der Waals surface area contributed by atoms with Gasteiger partial charge in [0.15, 0.2) is 0 Å². The van der Waals surface area contributed by atoms with Crippen LogP contribution in [0, 0.1) is 6.92 Å². The van der Waals surface area contributed by atoms with E-state index in [9.17, 15) is 8.42 Å². The molecule has 0 bridgehead atoms. The van der Waals surface area contributed by atoms with Gasteiger partial charge in [0.05, 0.1) is 24.2 Å². The number of nitrogens with zero attached hydrogens (tertiary/aromatic N) is 1. The van der Waals surface area contributed by atoms with E-state index in [-0.39, 0.29) is 30.7 Å². The summed E-state index contributed by atoms with van der Waals surface area (Å²) in [6, 6.07) is 4.44. The Morgan fingerprint density at radius 3 is 2.80 bits per heavy atom. The van der Waals surface area contributed by atoms with E-state index in [1.54, 1.807) is 26.0 Å². The highest BCUT2D eigenvalue weighted by molar-refractivity contribution is 7.89. The van der Waals surface area contributed by atoms with E-state index < -0.39 is 16.1 Å². The Hall–Kier alpha value is -0.660. The monoisotopic (exact) mass is 319 g/mol. The molecule has 2 atom stereocenters. The highest BCUT2D eigenvalue weighted by Gasteiger charge is 2.35. The number of benzene rings is 1. The Morgan fingerprint density at radius 2 is 2.20 bits per heavy atom. The highest BCUT2D eigenvalue weighted by Crippen LogP contribution is 2.26. The van der Waals surface area contributed by atoms with Gasteiger partial charge in [0.1, 0.15) is 0 Å². The van der Waals surface area contributed by atoms with Crippen LogP contribution in [-0.2, 0) is 14.8 Å². The summed E-state index contributed by atoms with van der Waals surface area (Å²) < 4.78 is 32.2. The van der Waals surface area contributed by atoms with Crippen molar-refractivity contribution in [1.82, 2.24) is 4.31 Å². The number of halogens is 1. The van der Waals surface area contributed by atoms with Gasteiger partial charge >= 0.3 is 0 Å². The predicted molar refractivity (Wildman–Crippen MR) is 76.4 cm³/mol. The molecule has 1 heterocycles. The molecule has 1 aliphatic heterocycles. The minimum atomic E-state index is -3.62. The third-order valence-corrected chi connectivity index (χ3v) is 5.75. The molecule has 0 aromatic heterocycles. The zero-order valence-corrected chi connectivity index (χ0v) is 13.0. The number of aryl methyl sites for hydroxylation is 1. The van der Waals surface area contributed by atoms with Crippen LogP contribution >= 0.6 is 11.6 Å². The van der Waals surface area contributed by atoms with Crippen LogP contribution in [-0.4, -0.2) is 49.7 Å². The lowest BCUT2D eigenvalue weighted by Gasteiger charge is -2.36. The Kier molecular flexibility index (Phi) is 4.71. The van der Waals surface area contributed by atoms with E-state index in [2.05, 4.69) is 0 Å². The van der Waals surface area contributed by atoms with Crippen LogP contribution in [0.15, 0.2) is 23.1 Å². The topological polar surface area (TPSA) is 66.8 Å². The average molecular weight is 320 g/mol. The van der Waals surface area contributed by atoms with Crippen LogP contribution in [0.2, 0.25) is 5.02 Å². The van der Waals surface area contributed by atoms with Crippen LogP contribution in [0.3, 0.4) is 0 Å². The first-order valence-electron chi connectivity index (χ1n) is 6.36. The summed E-state index contributed by atoms with van der Waals surface area (Å²) in [6.45, 7) is 3.74. The number of aliphatic hydroxyl groups excluding tert-OH is 1. The number of morpholine rings is 1. The second-order valence-corrected chi connectivity index (χ2v) is 7.27. The number of hydrogen-bond donors (Lipinski definition) is 1. The maximum Gasteiger partial charge on any atom is 0.243 e. The van der Waals surface area contributed by atoms with Crippen LogP contribution < -0.4 is 0 Å². The number of ether oxygens (including phenoxy) is 1. The number of rotatable bonds is 3. The second-order valence-electron chi connectivity index (χ2n) is 4.97. The molecule has 1 aromatic rings. The quantitative estimate of drug-likeness (QED) is 0.915. The smallest absolute Gasteiger partial charge is 0.243 e. The maximum atomic E-state index is 12.7. The first-order valence-corrected chi connectivity index (χ1v) is 8.18. The van der Waals surface area contributed by atoms with E-state index in [1.807, 2.05) is 0 Å². The summed E-state index contributed by atoms with van der Waals surface area (Å²) in [7, 11) is -3.62. The molecular weight excluding hydrogens is 302 g/mol. The van der Waals surface area contributed by atoms with Crippen molar-refractivity contribution in [2.75, 3.05) is 19.8 Å². The van der Waals surface area contributed by atoms with Gasteiger partial charge in [-0.1, -0.05) is 11.6 Å². The molecule has 2 rings (SSSR count). The van der Waals surface area contributed by atoms with Gasteiger partial charge in [0.2, 0.25) is 10.0 Å². The van der Waals surface area contributed by atoms with Crippen molar-refractivity contribution in [3.8, 4) is 0 Å². The first kappa shape index (κ1) is 15.7. The summed E-state index contributed by atoms with van der Waals surface area (Å²) >= 11 is 5.87. The van der Waals surface area contributed by atoms with E-state index in [4.69, 9.17) is 21.4 Å². The van der Waals surface area contributed by atoms with Gasteiger partial charge in [0, 0.05) is 17.6 Å². The zero-order valence-electron chi connectivity index (χ0n) is 11.4. The molecule has 0 amide bonds. The Labute approximate surface area is 124 Å². The van der Waals surface area contributed by atoms with Gasteiger partial charge in [0.25, 0.3) is 0 Å². The van der Waals surface area contributed by atoms with Crippen LogP contribution in [0.1, 0.15) is 12.5 Å². The minimum Gasteiger partial charge on any atom is -0.394 e. The molecule has 0 radical (unpaired) electrons. The molecule has 0 aliphatic carbocycles. The second kappa shape index (κ2) is 5.99. The van der Waals surface area contributed by atoms with Crippen molar-refractivity contribution in [1.29, 1.82) is 0 Å². The number of sulfonamides is 1. The molecule has 0 spiro atoms. The van der Waals surface area contributed by atoms with Crippen LogP contribution in [0.5, 0.6) is 0 Å². The van der Waals surface area contributed by atoms with Gasteiger partial charge in [-0.2, -0.15) is 4.31 Å². The third kappa shape index (κ3) is 2.99. The molecule has 1 N–H and O–H groups in total. The van der Waals surface area contributed by atoms with Crippen molar-refractivity contribution in [3.05, 3.63) is 28.8 Å². The normalized spacial score (nSPS) is 24.8. The molecule has 112 valence electrons. The number of aliphatic hydroxyl groups is 1. The Bertz CT molecular complexity index is 590. The van der Waals surface area contributed by atoms with E-state index >= 15 is 0 Å². The summed E-state index contributed by atoms with van der Waals surface area (Å²) in [5.74, 6) is 0. The molecule has 5 nitrogen and oxygen atoms in total. The van der Waals surface area contributed by atoms with Gasteiger partial charge < -0.3 is 9.84 Å². The largest absolute Gasteiger partial charge is 0.394 e. The molecule has 1 fully saturated rings. The first-order chi connectivity index (χ1) is 9.36. The van der Waals surface area contributed by atoms with E-state index in [0.717, 1.165) is 0 Å². The fraction of sp³-hybridized carbons (Fsp3) is 0.538. The van der Waals surface area contributed by atoms with E-state index in [0.29, 0.717) is 10.6 Å². The lowest BCUT2D eigenvalue weighted by atomic mass is 10.2. The van der Waals surface area contributed by atoms with E-state index in [1.165, 1.54) is 10.4 Å². The fourth-order valence-corrected chi connectivity index (χ4v) is 4.35. The zero-order chi connectivity index (χ0) is 14.9. The standard InChI is InChI=1S/C13H18ClNO4S/c1-9-5-11(14)3-4-13(9)20(17,18)15-6-12(7-16)19-8-10(15)2/h3-5,10,12,16H,6-8H2,1-2H3. The van der Waals surface area contributed by atoms with Gasteiger partial charge in [-0.15, -0.1) is 0 Å². The molecule has 1 aromatic carbocycles. The van der Waals surface area contributed by atoms with Crippen molar-refractivity contribution < 1.29 is 18.3 Å². The molecule has 1 aliphatic rings. The number of hydrogen-bond acceptors (Lipinski definition) is 4. The third-order valence-electron chi connectivity index (χ3n) is 3.38. The summed E-state index contributed by atoms with van der Waals surface area (Å²) in [6.07, 6.45) is -0.478. The van der Waals surface area contributed by atoms with Crippen molar-refractivity contribution in [2.45, 2.75) is 30.9 Å². The molecule has 1 saturated heterocycles. The van der Waals surface area contributed by atoms with Crippen LogP contribution in [0.25, 0.3) is 0 Å². The molecule has 0 saturated carbocycles. The molecule has 20 heavy (non-hydrogen) atoms. The summed E-state index contributed by atoms with van der Waals surface area (Å²) in [5.41, 5.74) is 0.608. The Morgan fingerprint density at radius 1 is 1.50 bits per heavy atom. The van der Waals surface area contributed by atoms with Crippen molar-refractivity contribution in [3.63, 3.8) is 0 Å². The highest BCUT2D eigenvalue weighted by atomic mass is 35.5. The summed E-state index contributed by atoms with van der Waals surface area (Å²) in [5, 5.41) is 9.66. The molecule has 7 heteroatoms. The average Bonchev–Trinajstić information content (AvgIpc) is 2.38. The molecule has 2 unspecified atom stereocenters. The van der Waals surface area contributed by atoms with Gasteiger partial charge in [-0.25, -0.2) is 8.42 Å². The van der Waals surface area contributed by atoms with Gasteiger partial charge in [-0.3, -0.25) is 0 Å². The van der Waals surface area contributed by atoms with Crippen molar-refractivity contribution >= 4 is 21.6 Å². The lowest BCUT2D eigenvalue weighted by molar-refractivity contribution is -0.0516. The Balaban J connectivity index is 2.38. The summed E-state index contributed by atoms with van der Waals surface area (Å²) in [4.78, 5) is 0.243. The minimum absolute atomic E-state index is 0.155. The van der Waals surface area contributed by atoms with Gasteiger partial charge in [-0.05, 0) is 37.6 Å². The SMILES string of the molecule is Cc1cc(Cl)ccc1S(=O)(=O)N1CC(CO)OCC1C. The lowest BCUT2D eigenvalue weighted by Crippen LogP contribution is -2.51. The maximum absolute atomic E-state index is 12.7. The fourth-order valence-electron chi connectivity index (χ4n) is 2.27.